The van der Waals surface area contributed by atoms with Gasteiger partial charge in [-0.25, -0.2) is 26.0 Å². The van der Waals surface area contributed by atoms with Gasteiger partial charge in [-0.1, -0.05) is 23.2 Å². The zero-order valence-corrected chi connectivity index (χ0v) is 28.5. The third kappa shape index (κ3) is 5.54. The van der Waals surface area contributed by atoms with Crippen LogP contribution < -0.4 is 14.4 Å². The van der Waals surface area contributed by atoms with E-state index in [4.69, 9.17) is 32.7 Å². The average Bonchev–Trinajstić information content (AvgIpc) is 3.24. The summed E-state index contributed by atoms with van der Waals surface area (Å²) in [5.74, 6) is -0.627. The summed E-state index contributed by atoms with van der Waals surface area (Å²) in [5, 5.41) is 5.99. The van der Waals surface area contributed by atoms with Crippen LogP contribution in [0.5, 0.6) is 11.5 Å². The van der Waals surface area contributed by atoms with Crippen molar-refractivity contribution >= 4 is 78.2 Å². The van der Waals surface area contributed by atoms with Crippen molar-refractivity contribution in [2.24, 2.45) is 5.41 Å². The zero-order valence-electron chi connectivity index (χ0n) is 23.0. The first-order valence-electron chi connectivity index (χ1n) is 13.0. The summed E-state index contributed by atoms with van der Waals surface area (Å²) in [4.78, 5) is 5.60. The van der Waals surface area contributed by atoms with Crippen LogP contribution in [-0.4, -0.2) is 66.8 Å². The molecule has 2 atom stereocenters. The van der Waals surface area contributed by atoms with Crippen LogP contribution in [0.3, 0.4) is 0 Å². The summed E-state index contributed by atoms with van der Waals surface area (Å²) in [6.45, 7) is 3.26. The van der Waals surface area contributed by atoms with E-state index < -0.39 is 27.8 Å². The van der Waals surface area contributed by atoms with E-state index in [0.717, 1.165) is 6.26 Å². The van der Waals surface area contributed by atoms with E-state index in [1.165, 1.54) is 35.9 Å². The second kappa shape index (κ2) is 11.4. The van der Waals surface area contributed by atoms with Crippen LogP contribution in [-0.2, 0) is 10.0 Å². The number of nitrogens with zero attached hydrogens (tertiary/aromatic N) is 5. The normalized spacial score (nSPS) is 17.4. The molecule has 43 heavy (non-hydrogen) atoms. The number of fused-ring (bicyclic) bond motifs is 1. The van der Waals surface area contributed by atoms with Crippen LogP contribution in [0.25, 0.3) is 22.2 Å². The summed E-state index contributed by atoms with van der Waals surface area (Å²) in [5.41, 5.74) is 1.51. The molecular weight excluding hydrogens is 757 g/mol. The lowest BCUT2D eigenvalue weighted by atomic mass is 9.74. The van der Waals surface area contributed by atoms with Gasteiger partial charge < -0.3 is 14.4 Å². The summed E-state index contributed by atoms with van der Waals surface area (Å²) in [7, 11) is -1.75. The van der Waals surface area contributed by atoms with Gasteiger partial charge in [0.25, 0.3) is 0 Å². The van der Waals surface area contributed by atoms with Gasteiger partial charge in [0.05, 0.1) is 35.3 Å². The molecule has 2 aliphatic rings. The topological polar surface area (TPSA) is 89.8 Å². The first kappa shape index (κ1) is 31.0. The molecule has 6 rings (SSSR count). The van der Waals surface area contributed by atoms with E-state index >= 15 is 8.78 Å². The molecule has 0 N–H and O–H groups in total. The van der Waals surface area contributed by atoms with Crippen molar-refractivity contribution in [1.82, 2.24) is 18.8 Å². The maximum absolute atomic E-state index is 15.5. The van der Waals surface area contributed by atoms with Crippen molar-refractivity contribution in [2.75, 3.05) is 44.4 Å². The molecule has 2 aliphatic heterocycles. The minimum atomic E-state index is -3.27. The molecule has 4 heterocycles. The minimum absolute atomic E-state index is 0.127. The van der Waals surface area contributed by atoms with Crippen molar-refractivity contribution < 1.29 is 26.7 Å². The number of sulfonamides is 1. The molecule has 0 amide bonds. The molecule has 2 aromatic heterocycles. The first-order valence-corrected chi connectivity index (χ1v) is 19.6. The molecule has 2 saturated heterocycles. The molecule has 0 bridgehead atoms. The highest BCUT2D eigenvalue weighted by Gasteiger charge is 2.55. The lowest BCUT2D eigenvalue weighted by Crippen LogP contribution is -2.73. The highest BCUT2D eigenvalue weighted by atomic mass is 127. The van der Waals surface area contributed by atoms with Gasteiger partial charge in [-0.2, -0.15) is 5.10 Å². The van der Waals surface area contributed by atoms with Crippen LogP contribution in [0.15, 0.2) is 36.7 Å². The van der Waals surface area contributed by atoms with E-state index in [-0.39, 0.29) is 23.0 Å². The van der Waals surface area contributed by atoms with Crippen LogP contribution >= 0.6 is 51.6 Å². The van der Waals surface area contributed by atoms with Gasteiger partial charge in [-0.15, -0.1) is 0 Å². The van der Waals surface area contributed by atoms with E-state index in [0.29, 0.717) is 69.9 Å². The molecule has 2 fully saturated rings. The molecular formula is C27H25Cl2F2IN5O4PS. The van der Waals surface area contributed by atoms with Crippen LogP contribution in [0, 0.1) is 17.0 Å². The molecule has 16 heteroatoms. The van der Waals surface area contributed by atoms with Crippen molar-refractivity contribution in [3.05, 3.63) is 63.9 Å². The second-order valence-corrected chi connectivity index (χ2v) is 15.7. The van der Waals surface area contributed by atoms with E-state index in [2.05, 4.69) is 32.1 Å². The van der Waals surface area contributed by atoms with Crippen LogP contribution in [0.2, 0.25) is 10.0 Å². The Kier molecular flexibility index (Phi) is 8.21. The largest absolute Gasteiger partial charge is 0.493 e. The average molecular weight is 782 g/mol. The van der Waals surface area contributed by atoms with Gasteiger partial charge in [0.15, 0.2) is 11.5 Å². The summed E-state index contributed by atoms with van der Waals surface area (Å²) < 4.78 is 69.6. The van der Waals surface area contributed by atoms with Gasteiger partial charge in [0.1, 0.15) is 29.1 Å². The summed E-state index contributed by atoms with van der Waals surface area (Å²) >= 11 is 14.9. The number of hydrogen-bond donors (Lipinski definition) is 0. The van der Waals surface area contributed by atoms with E-state index in [9.17, 15) is 8.42 Å². The fraction of sp³-hybridized carbons (Fsp3) is 0.333. The number of pyridine rings is 1. The molecule has 9 nitrogen and oxygen atoms in total. The van der Waals surface area contributed by atoms with Gasteiger partial charge in [0, 0.05) is 66.6 Å². The monoisotopic (exact) mass is 781 g/mol. The fourth-order valence-corrected chi connectivity index (χ4v) is 8.98. The lowest BCUT2D eigenvalue weighted by molar-refractivity contribution is 0.0391. The molecule has 228 valence electrons. The maximum Gasteiger partial charge on any atom is 0.211 e. The number of ether oxygens (including phenoxy) is 2. The van der Waals surface area contributed by atoms with Crippen LogP contribution in [0.4, 0.5) is 14.5 Å². The van der Waals surface area contributed by atoms with Gasteiger partial charge in [-0.3, -0.25) is 4.98 Å². The van der Waals surface area contributed by atoms with Crippen molar-refractivity contribution in [3.63, 3.8) is 0 Å². The molecule has 0 aliphatic carbocycles. The predicted octanol–water partition coefficient (Wildman–Crippen LogP) is 6.71. The molecule has 2 aromatic carbocycles. The van der Waals surface area contributed by atoms with E-state index in [1.54, 1.807) is 28.4 Å². The first-order chi connectivity index (χ1) is 20.3. The molecule has 1 unspecified atom stereocenters. The third-order valence-electron chi connectivity index (χ3n) is 7.80. The molecule has 1 spiro atoms. The summed E-state index contributed by atoms with van der Waals surface area (Å²) in [6, 6.07) is 6.06. The van der Waals surface area contributed by atoms with Gasteiger partial charge >= 0.3 is 0 Å². The quantitative estimate of drug-likeness (QED) is 0.145. The van der Waals surface area contributed by atoms with Crippen molar-refractivity contribution in [1.29, 1.82) is 0 Å². The highest BCUT2D eigenvalue weighted by Crippen LogP contribution is 2.46. The zero-order chi connectivity index (χ0) is 30.8. The standard InChI is InChI=1S/C27H25Cl2F2IN5O4PS/c1-14(24-17(28)8-33-9-18(24)29)41-23-6-16-21(7-22(23)40-2)37(42-32)34-25(16)15-4-19(30)26(20(31)5-15)35-10-27(11-35)12-36(13-27)43(3,38)39/h4-9,14,42H,10-13H2,1-3H3/t14-/m1/s1. The smallest absolute Gasteiger partial charge is 0.211 e. The van der Waals surface area contributed by atoms with Crippen molar-refractivity contribution in [2.45, 2.75) is 13.0 Å². The number of hydrogen-bond acceptors (Lipinski definition) is 7. The van der Waals surface area contributed by atoms with Gasteiger partial charge in [0.2, 0.25) is 10.0 Å². The number of benzene rings is 2. The Morgan fingerprint density at radius 1 is 1.05 bits per heavy atom. The fourth-order valence-electron chi connectivity index (χ4n) is 5.77. The molecule has 4 aromatic rings. The Morgan fingerprint density at radius 3 is 2.23 bits per heavy atom. The Balaban J connectivity index is 1.33. The Bertz CT molecular complexity index is 1820. The number of anilines is 1. The third-order valence-corrected chi connectivity index (χ3v) is 11.5. The Morgan fingerprint density at radius 2 is 1.67 bits per heavy atom. The lowest BCUT2D eigenvalue weighted by Gasteiger charge is -2.60. The minimum Gasteiger partial charge on any atom is -0.493 e. The predicted molar refractivity (Wildman–Crippen MR) is 174 cm³/mol. The number of methoxy groups -OCH3 is 1. The second-order valence-electron chi connectivity index (χ2n) is 10.8. The summed E-state index contributed by atoms with van der Waals surface area (Å²) in [6.07, 6.45) is 3.75. The Labute approximate surface area is 271 Å². The highest BCUT2D eigenvalue weighted by molar-refractivity contribution is 14.2. The van der Waals surface area contributed by atoms with E-state index in [1.807, 2.05) is 0 Å². The molecule has 0 radical (unpaired) electrons. The van der Waals surface area contributed by atoms with Gasteiger partial charge in [-0.05, 0) is 47.2 Å². The SMILES string of the molecule is COc1cc2c(cc1O[C@H](C)c1c(Cl)cncc1Cl)c(-c1cc(F)c(N3CC4(C3)CN(S(C)(=O)=O)C4)c(F)c1)nn2PI. The van der Waals surface area contributed by atoms with Crippen molar-refractivity contribution in [3.8, 4) is 22.8 Å². The van der Waals surface area contributed by atoms with Crippen LogP contribution in [0.1, 0.15) is 18.6 Å². The maximum atomic E-state index is 15.5. The molecule has 0 saturated carbocycles. The number of rotatable bonds is 8. The number of halogens is 5. The Hall–Kier alpha value is -2.03. The number of aromatic nitrogens is 3.